The van der Waals surface area contributed by atoms with Crippen molar-refractivity contribution in [1.29, 1.82) is 0 Å². The maximum Gasteiger partial charge on any atom is 0.255 e. The van der Waals surface area contributed by atoms with Gasteiger partial charge in [0.25, 0.3) is 5.91 Å². The Morgan fingerprint density at radius 2 is 2.11 bits per heavy atom. The van der Waals surface area contributed by atoms with E-state index in [0.29, 0.717) is 12.5 Å². The van der Waals surface area contributed by atoms with E-state index in [1.165, 1.54) is 18.5 Å². The summed E-state index contributed by atoms with van der Waals surface area (Å²) in [5.74, 6) is -0.305. The number of rotatable bonds is 6. The first-order valence-corrected chi connectivity index (χ1v) is 6.18. The number of nitrogens with zero attached hydrogens (tertiary/aromatic N) is 1. The van der Waals surface area contributed by atoms with Crippen molar-refractivity contribution < 1.29 is 14.7 Å². The van der Waals surface area contributed by atoms with Crippen LogP contribution >= 0.6 is 0 Å². The van der Waals surface area contributed by atoms with Gasteiger partial charge >= 0.3 is 0 Å². The second-order valence-electron chi connectivity index (χ2n) is 4.60. The number of aromatic hydroxyl groups is 1. The maximum atomic E-state index is 11.7. The molecular weight excluding hydrogens is 246 g/mol. The molecule has 0 aliphatic carbocycles. The molecule has 19 heavy (non-hydrogen) atoms. The summed E-state index contributed by atoms with van der Waals surface area (Å²) in [5, 5.41) is 14.8. The Hall–Kier alpha value is -2.11. The Kier molecular flexibility index (Phi) is 5.78. The molecular formula is C13H19N3O3. The Balaban J connectivity index is 2.32. The van der Waals surface area contributed by atoms with Crippen molar-refractivity contribution in [2.75, 3.05) is 13.1 Å². The van der Waals surface area contributed by atoms with E-state index in [1.54, 1.807) is 0 Å². The number of hydrogen-bond donors (Lipinski definition) is 3. The van der Waals surface area contributed by atoms with Gasteiger partial charge in [-0.3, -0.25) is 14.6 Å². The summed E-state index contributed by atoms with van der Waals surface area (Å²) in [7, 11) is 0. The first-order chi connectivity index (χ1) is 9.00. The minimum Gasteiger partial charge on any atom is -0.505 e. The summed E-state index contributed by atoms with van der Waals surface area (Å²) in [6, 6.07) is 1.42. The molecule has 0 fully saturated rings. The number of carbonyl (C=O) groups excluding carboxylic acids is 2. The predicted octanol–water partition coefficient (Wildman–Crippen LogP) is 0.679. The smallest absolute Gasteiger partial charge is 0.255 e. The number of amides is 2. The van der Waals surface area contributed by atoms with Crippen molar-refractivity contribution in [2.45, 2.75) is 20.3 Å². The van der Waals surface area contributed by atoms with Crippen LogP contribution < -0.4 is 10.6 Å². The van der Waals surface area contributed by atoms with E-state index in [1.807, 2.05) is 13.8 Å². The fraction of sp³-hybridized carbons (Fsp3) is 0.462. The normalized spacial score (nSPS) is 10.3. The molecule has 0 saturated carbocycles. The molecule has 6 heteroatoms. The summed E-state index contributed by atoms with van der Waals surface area (Å²) in [6.45, 7) is 4.87. The summed E-state index contributed by atoms with van der Waals surface area (Å²) in [4.78, 5) is 26.8. The van der Waals surface area contributed by atoms with Crippen LogP contribution in [0.5, 0.6) is 5.75 Å². The van der Waals surface area contributed by atoms with Crippen LogP contribution in [-0.2, 0) is 4.79 Å². The summed E-state index contributed by atoms with van der Waals surface area (Å²) >= 11 is 0. The molecule has 0 radical (unpaired) electrons. The monoisotopic (exact) mass is 265 g/mol. The highest BCUT2D eigenvalue weighted by atomic mass is 16.3. The zero-order valence-electron chi connectivity index (χ0n) is 11.1. The molecule has 0 aliphatic rings. The summed E-state index contributed by atoms with van der Waals surface area (Å²) < 4.78 is 0. The highest BCUT2D eigenvalue weighted by Crippen LogP contribution is 2.12. The molecule has 1 aromatic heterocycles. The van der Waals surface area contributed by atoms with Crippen LogP contribution in [0.4, 0.5) is 0 Å². The molecule has 1 heterocycles. The van der Waals surface area contributed by atoms with Crippen LogP contribution in [0.25, 0.3) is 0 Å². The van der Waals surface area contributed by atoms with Crippen molar-refractivity contribution >= 4 is 11.8 Å². The van der Waals surface area contributed by atoms with Gasteiger partial charge in [-0.25, -0.2) is 0 Å². The van der Waals surface area contributed by atoms with E-state index in [2.05, 4.69) is 15.6 Å². The average Bonchev–Trinajstić information content (AvgIpc) is 2.36. The number of aromatic nitrogens is 1. The van der Waals surface area contributed by atoms with E-state index in [4.69, 9.17) is 0 Å². The first kappa shape index (κ1) is 14.9. The fourth-order valence-electron chi connectivity index (χ4n) is 1.37. The largest absolute Gasteiger partial charge is 0.505 e. The van der Waals surface area contributed by atoms with Crippen LogP contribution in [0.1, 0.15) is 30.6 Å². The summed E-state index contributed by atoms with van der Waals surface area (Å²) in [5.41, 5.74) is 0.151. The molecule has 0 atom stereocenters. The molecule has 3 N–H and O–H groups in total. The molecule has 6 nitrogen and oxygen atoms in total. The van der Waals surface area contributed by atoms with Gasteiger partial charge in [0.2, 0.25) is 5.91 Å². The molecule has 0 aliphatic heterocycles. The second kappa shape index (κ2) is 7.35. The van der Waals surface area contributed by atoms with Gasteiger partial charge in [0.05, 0.1) is 11.8 Å². The van der Waals surface area contributed by atoms with Crippen LogP contribution in [0, 0.1) is 5.92 Å². The number of pyridine rings is 1. The van der Waals surface area contributed by atoms with Crippen LogP contribution in [0.3, 0.4) is 0 Å². The van der Waals surface area contributed by atoms with Crippen molar-refractivity contribution in [3.8, 4) is 5.75 Å². The lowest BCUT2D eigenvalue weighted by atomic mass is 10.2. The topological polar surface area (TPSA) is 91.3 Å². The van der Waals surface area contributed by atoms with Gasteiger partial charge in [-0.1, -0.05) is 13.8 Å². The molecule has 0 unspecified atom stereocenters. The number of carbonyl (C=O) groups is 2. The summed E-state index contributed by atoms with van der Waals surface area (Å²) in [6.07, 6.45) is 2.83. The van der Waals surface area contributed by atoms with E-state index in [0.717, 1.165) is 0 Å². The zero-order chi connectivity index (χ0) is 14.3. The van der Waals surface area contributed by atoms with E-state index in [-0.39, 0.29) is 30.2 Å². The lowest BCUT2D eigenvalue weighted by Crippen LogP contribution is -2.32. The van der Waals surface area contributed by atoms with Crippen LogP contribution in [-0.4, -0.2) is 35.0 Å². The molecule has 1 aromatic rings. The van der Waals surface area contributed by atoms with E-state index >= 15 is 0 Å². The van der Waals surface area contributed by atoms with Crippen molar-refractivity contribution in [3.63, 3.8) is 0 Å². The Labute approximate surface area is 112 Å². The lowest BCUT2D eigenvalue weighted by Gasteiger charge is -2.08. The quantitative estimate of drug-likeness (QED) is 0.705. The zero-order valence-corrected chi connectivity index (χ0v) is 11.1. The molecule has 0 spiro atoms. The maximum absolute atomic E-state index is 11.7. The number of nitrogens with one attached hydrogen (secondary N) is 2. The van der Waals surface area contributed by atoms with Crippen molar-refractivity contribution in [1.82, 2.24) is 15.6 Å². The Morgan fingerprint density at radius 3 is 2.74 bits per heavy atom. The minimum atomic E-state index is -0.420. The van der Waals surface area contributed by atoms with E-state index in [9.17, 15) is 14.7 Å². The predicted molar refractivity (Wildman–Crippen MR) is 70.7 cm³/mol. The van der Waals surface area contributed by atoms with Gasteiger partial charge in [-0.05, 0) is 12.0 Å². The third-order valence-corrected chi connectivity index (χ3v) is 2.39. The second-order valence-corrected chi connectivity index (χ2v) is 4.60. The molecule has 0 saturated heterocycles. The highest BCUT2D eigenvalue weighted by molar-refractivity contribution is 5.96. The highest BCUT2D eigenvalue weighted by Gasteiger charge is 2.10. The van der Waals surface area contributed by atoms with E-state index < -0.39 is 5.91 Å². The molecule has 104 valence electrons. The van der Waals surface area contributed by atoms with Crippen LogP contribution in [0.2, 0.25) is 0 Å². The van der Waals surface area contributed by atoms with Gasteiger partial charge < -0.3 is 15.7 Å². The Bertz CT molecular complexity index is 447. The van der Waals surface area contributed by atoms with Crippen LogP contribution in [0.15, 0.2) is 18.5 Å². The third kappa shape index (κ3) is 5.37. The molecule has 1 rings (SSSR count). The van der Waals surface area contributed by atoms with Gasteiger partial charge in [0.1, 0.15) is 5.75 Å². The van der Waals surface area contributed by atoms with Gasteiger partial charge in [0.15, 0.2) is 0 Å². The molecule has 2 amide bonds. The number of hydrogen-bond acceptors (Lipinski definition) is 4. The first-order valence-electron chi connectivity index (χ1n) is 6.18. The standard InChI is InChI=1S/C13H19N3O3/c1-9(2)7-16-12(18)4-6-15-13(19)10-3-5-14-8-11(10)17/h3,5,8-9,17H,4,6-7H2,1-2H3,(H,15,19)(H,16,18). The molecule has 0 bridgehead atoms. The van der Waals surface area contributed by atoms with Gasteiger partial charge in [-0.15, -0.1) is 0 Å². The van der Waals surface area contributed by atoms with Crippen molar-refractivity contribution in [3.05, 3.63) is 24.0 Å². The van der Waals surface area contributed by atoms with Crippen molar-refractivity contribution in [2.24, 2.45) is 5.92 Å². The minimum absolute atomic E-state index is 0.104. The fourth-order valence-corrected chi connectivity index (χ4v) is 1.37. The SMILES string of the molecule is CC(C)CNC(=O)CCNC(=O)c1ccncc1O. The Morgan fingerprint density at radius 1 is 1.37 bits per heavy atom. The lowest BCUT2D eigenvalue weighted by molar-refractivity contribution is -0.121. The van der Waals surface area contributed by atoms with Gasteiger partial charge in [-0.2, -0.15) is 0 Å². The average molecular weight is 265 g/mol. The molecule has 0 aromatic carbocycles. The third-order valence-electron chi connectivity index (χ3n) is 2.39. The van der Waals surface area contributed by atoms with Gasteiger partial charge in [0, 0.05) is 25.7 Å².